The van der Waals surface area contributed by atoms with E-state index in [0.29, 0.717) is 11.1 Å². The topological polar surface area (TPSA) is 145 Å². The van der Waals surface area contributed by atoms with Crippen molar-refractivity contribution in [3.05, 3.63) is 58.8 Å². The first-order valence-electron chi connectivity index (χ1n) is 12.3. The Kier molecular flexibility index (Phi) is 5.19. The van der Waals surface area contributed by atoms with Gasteiger partial charge in [0.2, 0.25) is 5.78 Å². The van der Waals surface area contributed by atoms with Crippen LogP contribution in [0, 0.1) is 22.7 Å². The zero-order valence-corrected chi connectivity index (χ0v) is 21.4. The molecule has 0 bridgehead atoms. The maximum absolute atomic E-state index is 14.2. The van der Waals surface area contributed by atoms with Gasteiger partial charge < -0.3 is 24.8 Å². The average Bonchev–Trinajstić information content (AvgIpc) is 3.30. The number of hydrogen-bond donors (Lipinski definition) is 4. The normalized spacial score (nSPS) is 31.4. The molecule has 1 fully saturated rings. The molecular weight excluding hydrogens is 476 g/mol. The van der Waals surface area contributed by atoms with Crippen LogP contribution in [0.1, 0.15) is 52.2 Å². The van der Waals surface area contributed by atoms with Crippen molar-refractivity contribution < 1.29 is 39.2 Å². The zero-order valence-electron chi connectivity index (χ0n) is 21.4. The lowest BCUT2D eigenvalue weighted by Crippen LogP contribution is -2.69. The maximum atomic E-state index is 14.2. The van der Waals surface area contributed by atoms with Crippen LogP contribution >= 0.6 is 0 Å². The number of fused-ring (bicyclic) bond motifs is 3. The van der Waals surface area contributed by atoms with E-state index in [-0.39, 0.29) is 35.6 Å². The molecule has 2 aromatic rings. The fraction of sp³-hybridized carbons (Fsp3) is 0.414. The highest BCUT2D eigenvalue weighted by atomic mass is 16.3. The fourth-order valence-corrected chi connectivity index (χ4v) is 7.41. The molecule has 8 nitrogen and oxygen atoms in total. The first kappa shape index (κ1) is 25.0. The number of aliphatic hydroxyl groups excluding tert-OH is 2. The van der Waals surface area contributed by atoms with Gasteiger partial charge in [0.05, 0.1) is 18.1 Å². The summed E-state index contributed by atoms with van der Waals surface area (Å²) in [6.45, 7) is 8.02. The molecule has 0 amide bonds. The molecule has 0 saturated heterocycles. The Bertz CT molecular complexity index is 1440. The summed E-state index contributed by atoms with van der Waals surface area (Å²) in [6.07, 6.45) is 3.30. The summed E-state index contributed by atoms with van der Waals surface area (Å²) in [5.41, 5.74) is -3.82. The van der Waals surface area contributed by atoms with Gasteiger partial charge in [0, 0.05) is 27.9 Å². The van der Waals surface area contributed by atoms with Gasteiger partial charge in [-0.1, -0.05) is 33.8 Å². The van der Waals surface area contributed by atoms with Gasteiger partial charge in [-0.15, -0.1) is 0 Å². The van der Waals surface area contributed by atoms with Gasteiger partial charge in [-0.3, -0.25) is 14.4 Å². The summed E-state index contributed by atoms with van der Waals surface area (Å²) >= 11 is 0. The van der Waals surface area contributed by atoms with Crippen molar-refractivity contribution >= 4 is 23.1 Å². The lowest BCUT2D eigenvalue weighted by Gasteiger charge is -2.59. The Hall–Kier alpha value is -3.65. The molecule has 4 N–H and O–H groups in total. The van der Waals surface area contributed by atoms with E-state index in [2.05, 4.69) is 0 Å². The number of aliphatic hydroxyl groups is 3. The molecule has 194 valence electrons. The molecule has 3 aliphatic carbocycles. The molecular formula is C29H30O8. The molecule has 1 aromatic heterocycles. The number of furan rings is 1. The third kappa shape index (κ3) is 2.96. The Balaban J connectivity index is 1.84. The quantitative estimate of drug-likeness (QED) is 0.447. The van der Waals surface area contributed by atoms with Crippen LogP contribution in [0.15, 0.2) is 52.0 Å². The minimum absolute atomic E-state index is 0.0470. The predicted molar refractivity (Wildman–Crippen MR) is 134 cm³/mol. The van der Waals surface area contributed by atoms with E-state index in [1.165, 1.54) is 18.6 Å². The monoisotopic (exact) mass is 506 g/mol. The number of carbonyl (C=O) groups is 3. The second-order valence-corrected chi connectivity index (χ2v) is 11.5. The number of aromatic hydroxyl groups is 1. The van der Waals surface area contributed by atoms with Crippen LogP contribution < -0.4 is 0 Å². The van der Waals surface area contributed by atoms with E-state index in [0.717, 1.165) is 12.5 Å². The Morgan fingerprint density at radius 3 is 2.35 bits per heavy atom. The van der Waals surface area contributed by atoms with E-state index < -0.39 is 56.8 Å². The highest BCUT2D eigenvalue weighted by Crippen LogP contribution is 2.65. The van der Waals surface area contributed by atoms with Crippen LogP contribution in [-0.4, -0.2) is 43.4 Å². The Morgan fingerprint density at radius 2 is 1.78 bits per heavy atom. The standard InChI is InChI=1S/C29H30O8/c1-13(2)21-23(32)19(14(3)30)25(34)29(36)26(35)22-24(33)20-17(10-27(22,4)12-28(21,29)5)16(6-7-18(20)31)15-8-9-37-11-15/h6-9,11,13,21,31,33-34,36H,10,12H2,1-5H3/t21?,27-,28-,29+/m1/s1. The van der Waals surface area contributed by atoms with Gasteiger partial charge in [-0.05, 0) is 48.9 Å². The SMILES string of the molecule is CC(=O)C1=C(O)[C@]2(O)C(=O)C3=C(O)c4c(O)ccc(-c5ccoc5)c4C[C@]3(C)C[C@]2(C)C(C(C)C)C1=O. The maximum Gasteiger partial charge on any atom is 0.203 e. The number of hydrogen-bond acceptors (Lipinski definition) is 8. The van der Waals surface area contributed by atoms with Gasteiger partial charge >= 0.3 is 0 Å². The Morgan fingerprint density at radius 1 is 1.11 bits per heavy atom. The van der Waals surface area contributed by atoms with Crippen LogP contribution in [0.25, 0.3) is 16.9 Å². The molecule has 3 aliphatic rings. The smallest absolute Gasteiger partial charge is 0.203 e. The average molecular weight is 507 g/mol. The van der Waals surface area contributed by atoms with Crippen LogP contribution in [-0.2, 0) is 20.8 Å². The van der Waals surface area contributed by atoms with Crippen molar-refractivity contribution in [2.75, 3.05) is 0 Å². The number of phenolic OH excluding ortho intramolecular Hbond substituents is 1. The number of allylic oxidation sites excluding steroid dienone is 1. The molecule has 0 aliphatic heterocycles. The zero-order chi connectivity index (χ0) is 27.2. The highest BCUT2D eigenvalue weighted by molar-refractivity contribution is 6.24. The van der Waals surface area contributed by atoms with Crippen molar-refractivity contribution in [2.24, 2.45) is 22.7 Å². The van der Waals surface area contributed by atoms with Crippen LogP contribution in [0.5, 0.6) is 5.75 Å². The predicted octanol–water partition coefficient (Wildman–Crippen LogP) is 4.45. The molecule has 1 saturated carbocycles. The third-order valence-corrected chi connectivity index (χ3v) is 8.72. The first-order chi connectivity index (χ1) is 17.2. The highest BCUT2D eigenvalue weighted by Gasteiger charge is 2.72. The van der Waals surface area contributed by atoms with E-state index in [4.69, 9.17) is 4.42 Å². The van der Waals surface area contributed by atoms with Gasteiger partial charge in [0.1, 0.15) is 22.8 Å². The van der Waals surface area contributed by atoms with Crippen LogP contribution in [0.2, 0.25) is 0 Å². The number of ketones is 3. The molecule has 1 heterocycles. The summed E-state index contributed by atoms with van der Waals surface area (Å²) in [4.78, 5) is 40.2. The van der Waals surface area contributed by atoms with E-state index >= 15 is 0 Å². The van der Waals surface area contributed by atoms with E-state index in [1.54, 1.807) is 39.8 Å². The number of rotatable bonds is 3. The molecule has 37 heavy (non-hydrogen) atoms. The summed E-state index contributed by atoms with van der Waals surface area (Å²) in [5, 5.41) is 45.5. The third-order valence-electron chi connectivity index (χ3n) is 8.72. The molecule has 4 atom stereocenters. The minimum atomic E-state index is -2.62. The summed E-state index contributed by atoms with van der Waals surface area (Å²) in [5.74, 6) is -5.37. The second-order valence-electron chi connectivity index (χ2n) is 11.5. The van der Waals surface area contributed by atoms with Gasteiger partial charge in [0.25, 0.3) is 0 Å². The summed E-state index contributed by atoms with van der Waals surface area (Å²) in [6, 6.07) is 4.86. The molecule has 0 radical (unpaired) electrons. The van der Waals surface area contributed by atoms with Gasteiger partial charge in [-0.2, -0.15) is 0 Å². The minimum Gasteiger partial charge on any atom is -0.508 e. The number of carbonyl (C=O) groups excluding carboxylic acids is 3. The number of Topliss-reactive ketones (excluding diaryl/α,β-unsaturated/α-hetero) is 3. The van der Waals surface area contributed by atoms with E-state index in [9.17, 15) is 34.8 Å². The lowest BCUT2D eigenvalue weighted by molar-refractivity contribution is -0.178. The number of phenols is 1. The number of benzene rings is 1. The lowest BCUT2D eigenvalue weighted by atomic mass is 9.43. The van der Waals surface area contributed by atoms with Crippen LogP contribution in [0.3, 0.4) is 0 Å². The molecule has 5 rings (SSSR count). The Labute approximate surface area is 213 Å². The van der Waals surface area contributed by atoms with Crippen molar-refractivity contribution in [3.63, 3.8) is 0 Å². The molecule has 0 spiro atoms. The first-order valence-corrected chi connectivity index (χ1v) is 12.3. The molecule has 8 heteroatoms. The van der Waals surface area contributed by atoms with E-state index in [1.807, 2.05) is 0 Å². The van der Waals surface area contributed by atoms with Crippen molar-refractivity contribution in [1.82, 2.24) is 0 Å². The van der Waals surface area contributed by atoms with Gasteiger partial charge in [0.15, 0.2) is 17.2 Å². The second kappa shape index (κ2) is 7.68. The van der Waals surface area contributed by atoms with Crippen molar-refractivity contribution in [2.45, 2.75) is 53.1 Å². The fourth-order valence-electron chi connectivity index (χ4n) is 7.41. The largest absolute Gasteiger partial charge is 0.508 e. The molecule has 1 aromatic carbocycles. The van der Waals surface area contributed by atoms with Crippen molar-refractivity contribution in [3.8, 4) is 16.9 Å². The molecule has 1 unspecified atom stereocenters. The summed E-state index contributed by atoms with van der Waals surface area (Å²) in [7, 11) is 0. The van der Waals surface area contributed by atoms with Gasteiger partial charge in [-0.25, -0.2) is 0 Å². The van der Waals surface area contributed by atoms with Crippen molar-refractivity contribution in [1.29, 1.82) is 0 Å². The summed E-state index contributed by atoms with van der Waals surface area (Å²) < 4.78 is 5.24. The van der Waals surface area contributed by atoms with Crippen LogP contribution in [0.4, 0.5) is 0 Å².